The fraction of sp³-hybridized carbons (Fsp3) is 1.00. The average molecular weight is 178 g/mol. The molecule has 0 aromatic rings. The van der Waals surface area contributed by atoms with Crippen LogP contribution in [0.4, 0.5) is 0 Å². The van der Waals surface area contributed by atoms with Gasteiger partial charge in [-0.25, -0.2) is 0 Å². The summed E-state index contributed by atoms with van der Waals surface area (Å²) in [4.78, 5) is 0. The Bertz CT molecular complexity index is 172. The standard InChI is InChI=1S/C12H23B/c1-8(10-4-3-5-10)6-11-7-12(13)9(11)2/h8-12H,3-7,13H2,1-2H3. The summed E-state index contributed by atoms with van der Waals surface area (Å²) >= 11 is 0. The molecular formula is C12H23B. The van der Waals surface area contributed by atoms with Crippen LogP contribution in [-0.4, -0.2) is 7.85 Å². The molecule has 4 unspecified atom stereocenters. The Balaban J connectivity index is 1.72. The van der Waals surface area contributed by atoms with Gasteiger partial charge in [-0.3, -0.25) is 0 Å². The molecule has 74 valence electrons. The van der Waals surface area contributed by atoms with Gasteiger partial charge in [0.05, 0.1) is 0 Å². The first-order valence-corrected chi connectivity index (χ1v) is 6.18. The van der Waals surface area contributed by atoms with Crippen molar-refractivity contribution in [1.29, 1.82) is 0 Å². The maximum absolute atomic E-state index is 2.49. The SMILES string of the molecule is BC1CC(CC(C)C2CCC2)C1C. The smallest absolute Gasteiger partial charge is 0.0667 e. The molecule has 0 saturated heterocycles. The molecule has 1 heteroatoms. The molecule has 0 amide bonds. The summed E-state index contributed by atoms with van der Waals surface area (Å²) in [5.74, 6) is 5.23. The summed E-state index contributed by atoms with van der Waals surface area (Å²) in [6, 6.07) is 0. The summed E-state index contributed by atoms with van der Waals surface area (Å²) in [7, 11) is 2.41. The number of hydrogen-bond donors (Lipinski definition) is 0. The van der Waals surface area contributed by atoms with E-state index in [0.717, 1.165) is 29.5 Å². The van der Waals surface area contributed by atoms with Crippen molar-refractivity contribution in [1.82, 2.24) is 0 Å². The molecule has 2 fully saturated rings. The predicted molar refractivity (Wildman–Crippen MR) is 60.7 cm³/mol. The van der Waals surface area contributed by atoms with Crippen LogP contribution >= 0.6 is 0 Å². The fourth-order valence-electron chi connectivity index (χ4n) is 3.17. The zero-order valence-electron chi connectivity index (χ0n) is 9.42. The van der Waals surface area contributed by atoms with E-state index in [1.165, 1.54) is 32.1 Å². The molecule has 0 spiro atoms. The van der Waals surface area contributed by atoms with Crippen LogP contribution < -0.4 is 0 Å². The molecule has 0 N–H and O–H groups in total. The topological polar surface area (TPSA) is 0 Å². The van der Waals surface area contributed by atoms with Crippen LogP contribution in [0, 0.1) is 23.7 Å². The van der Waals surface area contributed by atoms with Gasteiger partial charge in [-0.1, -0.05) is 45.3 Å². The third-order valence-corrected chi connectivity index (χ3v) is 4.94. The van der Waals surface area contributed by atoms with Crippen molar-refractivity contribution >= 4 is 7.85 Å². The first-order valence-electron chi connectivity index (χ1n) is 6.18. The van der Waals surface area contributed by atoms with E-state index in [-0.39, 0.29) is 0 Å². The van der Waals surface area contributed by atoms with Gasteiger partial charge in [0.2, 0.25) is 0 Å². The summed E-state index contributed by atoms with van der Waals surface area (Å²) in [5.41, 5.74) is 0. The third kappa shape index (κ3) is 1.80. The van der Waals surface area contributed by atoms with E-state index in [0.29, 0.717) is 0 Å². The minimum Gasteiger partial charge on any atom is -0.0667 e. The summed E-state index contributed by atoms with van der Waals surface area (Å²) in [6.45, 7) is 4.94. The van der Waals surface area contributed by atoms with E-state index in [1.54, 1.807) is 0 Å². The summed E-state index contributed by atoms with van der Waals surface area (Å²) in [6.07, 6.45) is 7.59. The Morgan fingerprint density at radius 1 is 1.38 bits per heavy atom. The lowest BCUT2D eigenvalue weighted by atomic mass is 9.54. The minimum atomic E-state index is 1.01. The van der Waals surface area contributed by atoms with Crippen molar-refractivity contribution in [3.8, 4) is 0 Å². The molecule has 0 aliphatic heterocycles. The second kappa shape index (κ2) is 3.67. The molecule has 0 aromatic heterocycles. The lowest BCUT2D eigenvalue weighted by molar-refractivity contribution is 0.115. The molecule has 0 nitrogen and oxygen atoms in total. The largest absolute Gasteiger partial charge is 0.105 e. The van der Waals surface area contributed by atoms with Crippen LogP contribution in [0.2, 0.25) is 5.82 Å². The van der Waals surface area contributed by atoms with Crippen LogP contribution in [0.15, 0.2) is 0 Å². The monoisotopic (exact) mass is 178 g/mol. The zero-order chi connectivity index (χ0) is 9.42. The van der Waals surface area contributed by atoms with Gasteiger partial charge in [-0.15, -0.1) is 0 Å². The quantitative estimate of drug-likeness (QED) is 0.583. The maximum Gasteiger partial charge on any atom is 0.105 e. The van der Waals surface area contributed by atoms with Gasteiger partial charge in [0, 0.05) is 0 Å². The van der Waals surface area contributed by atoms with Gasteiger partial charge < -0.3 is 0 Å². The highest BCUT2D eigenvalue weighted by molar-refractivity contribution is 6.12. The molecular weight excluding hydrogens is 155 g/mol. The second-order valence-electron chi connectivity index (χ2n) is 5.74. The Labute approximate surface area is 83.9 Å². The van der Waals surface area contributed by atoms with Gasteiger partial charge >= 0.3 is 0 Å². The average Bonchev–Trinajstić information content (AvgIpc) is 2.00. The molecule has 0 heterocycles. The van der Waals surface area contributed by atoms with Gasteiger partial charge in [-0.05, 0) is 30.1 Å². The van der Waals surface area contributed by atoms with Crippen molar-refractivity contribution in [3.05, 3.63) is 0 Å². The normalized spacial score (nSPS) is 42.2. The van der Waals surface area contributed by atoms with Crippen LogP contribution in [0.3, 0.4) is 0 Å². The first-order chi connectivity index (χ1) is 6.18. The Kier molecular flexibility index (Phi) is 2.71. The van der Waals surface area contributed by atoms with Crippen LogP contribution in [-0.2, 0) is 0 Å². The second-order valence-corrected chi connectivity index (χ2v) is 5.74. The van der Waals surface area contributed by atoms with Crippen LogP contribution in [0.1, 0.15) is 46.0 Å². The Morgan fingerprint density at radius 2 is 2.08 bits per heavy atom. The van der Waals surface area contributed by atoms with Gasteiger partial charge in [0.1, 0.15) is 7.85 Å². The van der Waals surface area contributed by atoms with Crippen LogP contribution in [0.25, 0.3) is 0 Å². The molecule has 0 aromatic carbocycles. The Hall–Kier alpha value is 0.0649. The number of hydrogen-bond acceptors (Lipinski definition) is 0. The Morgan fingerprint density at radius 3 is 2.46 bits per heavy atom. The molecule has 2 saturated carbocycles. The van der Waals surface area contributed by atoms with E-state index < -0.39 is 0 Å². The van der Waals surface area contributed by atoms with Crippen molar-refractivity contribution in [2.75, 3.05) is 0 Å². The molecule has 0 bridgehead atoms. The lowest BCUT2D eigenvalue weighted by Crippen LogP contribution is -2.33. The number of rotatable bonds is 3. The van der Waals surface area contributed by atoms with Gasteiger partial charge in [-0.2, -0.15) is 0 Å². The predicted octanol–water partition coefficient (Wildman–Crippen LogP) is 2.89. The van der Waals surface area contributed by atoms with Crippen molar-refractivity contribution in [3.63, 3.8) is 0 Å². The molecule has 2 aliphatic carbocycles. The van der Waals surface area contributed by atoms with E-state index in [9.17, 15) is 0 Å². The van der Waals surface area contributed by atoms with E-state index >= 15 is 0 Å². The highest BCUT2D eigenvalue weighted by atomic mass is 14.4. The van der Waals surface area contributed by atoms with E-state index in [1.807, 2.05) is 0 Å². The molecule has 2 rings (SSSR count). The van der Waals surface area contributed by atoms with Crippen molar-refractivity contribution < 1.29 is 0 Å². The highest BCUT2D eigenvalue weighted by Gasteiger charge is 2.36. The van der Waals surface area contributed by atoms with Gasteiger partial charge in [0.15, 0.2) is 0 Å². The molecule has 4 atom stereocenters. The first kappa shape index (κ1) is 9.61. The zero-order valence-corrected chi connectivity index (χ0v) is 9.42. The van der Waals surface area contributed by atoms with E-state index in [4.69, 9.17) is 0 Å². The molecule has 13 heavy (non-hydrogen) atoms. The molecule has 0 radical (unpaired) electrons. The van der Waals surface area contributed by atoms with E-state index in [2.05, 4.69) is 21.7 Å². The lowest BCUT2D eigenvalue weighted by Gasteiger charge is -2.44. The summed E-state index contributed by atoms with van der Waals surface area (Å²) in [5, 5.41) is 0. The van der Waals surface area contributed by atoms with Crippen LogP contribution in [0.5, 0.6) is 0 Å². The molecule has 2 aliphatic rings. The maximum atomic E-state index is 2.49. The highest BCUT2D eigenvalue weighted by Crippen LogP contribution is 2.48. The van der Waals surface area contributed by atoms with Crippen molar-refractivity contribution in [2.45, 2.75) is 51.8 Å². The summed E-state index contributed by atoms with van der Waals surface area (Å²) < 4.78 is 0. The minimum absolute atomic E-state index is 1.01. The third-order valence-electron chi connectivity index (χ3n) is 4.94. The fourth-order valence-corrected chi connectivity index (χ4v) is 3.17. The van der Waals surface area contributed by atoms with Crippen molar-refractivity contribution in [2.24, 2.45) is 23.7 Å². The van der Waals surface area contributed by atoms with Gasteiger partial charge in [0.25, 0.3) is 0 Å².